The maximum Gasteiger partial charge on any atom is 0.243 e. The molecule has 6 nitrogen and oxygen atoms in total. The van der Waals surface area contributed by atoms with Crippen molar-refractivity contribution in [2.45, 2.75) is 19.1 Å². The molecule has 0 aliphatic rings. The Labute approximate surface area is 190 Å². The van der Waals surface area contributed by atoms with Crippen LogP contribution in [-0.4, -0.2) is 47.2 Å². The number of anilines is 2. The summed E-state index contributed by atoms with van der Waals surface area (Å²) < 4.78 is 0. The van der Waals surface area contributed by atoms with Crippen molar-refractivity contribution in [2.75, 3.05) is 30.0 Å². The Morgan fingerprint density at radius 3 is 2.20 bits per heavy atom. The predicted octanol–water partition coefficient (Wildman–Crippen LogP) is 4.46. The second-order valence-corrected chi connectivity index (χ2v) is 8.88. The van der Waals surface area contributed by atoms with E-state index in [4.69, 9.17) is 23.2 Å². The number of nitrogens with one attached hydrogen (secondary N) is 2. The number of benzene rings is 2. The van der Waals surface area contributed by atoms with Crippen LogP contribution in [0.4, 0.5) is 11.4 Å². The molecule has 1 atom stereocenters. The number of carbonyl (C=O) groups excluding carboxylic acids is 3. The number of nitrogens with zero attached hydrogens (tertiary/aromatic N) is 1. The zero-order chi connectivity index (χ0) is 22.3. The molecule has 2 aromatic rings. The Morgan fingerprint density at radius 2 is 1.57 bits per heavy atom. The fourth-order valence-corrected chi connectivity index (χ4v) is 3.58. The molecule has 0 saturated heterocycles. The molecular weight excluding hydrogens is 445 g/mol. The van der Waals surface area contributed by atoms with Gasteiger partial charge in [-0.1, -0.05) is 40.9 Å². The van der Waals surface area contributed by atoms with E-state index in [0.29, 0.717) is 21.4 Å². The van der Waals surface area contributed by atoms with Gasteiger partial charge in [0.15, 0.2) is 0 Å². The minimum Gasteiger partial charge on any atom is -0.335 e. The number of hydrogen-bond acceptors (Lipinski definition) is 4. The van der Waals surface area contributed by atoms with Crippen LogP contribution < -0.4 is 10.6 Å². The number of carbonyl (C=O) groups is 3. The third-order valence-corrected chi connectivity index (χ3v) is 5.98. The van der Waals surface area contributed by atoms with Crippen molar-refractivity contribution in [3.8, 4) is 0 Å². The van der Waals surface area contributed by atoms with Crippen molar-refractivity contribution >= 4 is 64.1 Å². The number of halogens is 2. The molecule has 160 valence electrons. The summed E-state index contributed by atoms with van der Waals surface area (Å²) >= 11 is 13.0. The summed E-state index contributed by atoms with van der Waals surface area (Å²) in [5, 5.41) is 5.70. The first-order valence-electron chi connectivity index (χ1n) is 9.13. The molecule has 0 heterocycles. The van der Waals surface area contributed by atoms with Crippen LogP contribution in [0, 0.1) is 6.92 Å². The first kappa shape index (κ1) is 24.1. The fraction of sp³-hybridized carbons (Fsp3) is 0.286. The predicted molar refractivity (Wildman–Crippen MR) is 124 cm³/mol. The van der Waals surface area contributed by atoms with Crippen molar-refractivity contribution in [3.63, 3.8) is 0 Å². The summed E-state index contributed by atoms with van der Waals surface area (Å²) in [6.45, 7) is 3.55. The zero-order valence-corrected chi connectivity index (χ0v) is 19.2. The third kappa shape index (κ3) is 7.55. The molecule has 0 radical (unpaired) electrons. The quantitative estimate of drug-likeness (QED) is 0.600. The Kier molecular flexibility index (Phi) is 9.02. The van der Waals surface area contributed by atoms with E-state index in [2.05, 4.69) is 10.6 Å². The van der Waals surface area contributed by atoms with E-state index in [9.17, 15) is 14.4 Å². The number of thioether (sulfide) groups is 1. The molecule has 9 heteroatoms. The van der Waals surface area contributed by atoms with Gasteiger partial charge in [-0.2, -0.15) is 0 Å². The van der Waals surface area contributed by atoms with Crippen LogP contribution in [0.25, 0.3) is 0 Å². The van der Waals surface area contributed by atoms with Crippen LogP contribution in [0.1, 0.15) is 12.5 Å². The second-order valence-electron chi connectivity index (χ2n) is 6.74. The van der Waals surface area contributed by atoms with E-state index in [-0.39, 0.29) is 30.0 Å². The highest BCUT2D eigenvalue weighted by atomic mass is 35.5. The Morgan fingerprint density at radius 1 is 0.967 bits per heavy atom. The molecule has 3 amide bonds. The van der Waals surface area contributed by atoms with Gasteiger partial charge >= 0.3 is 0 Å². The van der Waals surface area contributed by atoms with E-state index in [1.807, 2.05) is 31.2 Å². The normalized spacial score (nSPS) is 11.5. The number of amides is 3. The smallest absolute Gasteiger partial charge is 0.243 e. The molecule has 0 spiro atoms. The number of likely N-dealkylation sites (N-methyl/N-ethyl adjacent to an activating group) is 1. The van der Waals surface area contributed by atoms with E-state index < -0.39 is 5.25 Å². The summed E-state index contributed by atoms with van der Waals surface area (Å²) in [5.41, 5.74) is 2.31. The van der Waals surface area contributed by atoms with Crippen molar-refractivity contribution < 1.29 is 14.4 Å². The van der Waals surface area contributed by atoms with Gasteiger partial charge in [-0.05, 0) is 44.2 Å². The molecule has 2 N–H and O–H groups in total. The Hall–Kier alpha value is -2.22. The average molecular weight is 468 g/mol. The van der Waals surface area contributed by atoms with Crippen molar-refractivity contribution in [1.29, 1.82) is 0 Å². The highest BCUT2D eigenvalue weighted by Gasteiger charge is 2.21. The van der Waals surface area contributed by atoms with E-state index in [1.165, 1.54) is 22.7 Å². The molecule has 0 aliphatic heterocycles. The summed E-state index contributed by atoms with van der Waals surface area (Å²) in [4.78, 5) is 38.1. The van der Waals surface area contributed by atoms with E-state index >= 15 is 0 Å². The van der Waals surface area contributed by atoms with Crippen LogP contribution in [0.5, 0.6) is 0 Å². The molecule has 0 aromatic heterocycles. The summed E-state index contributed by atoms with van der Waals surface area (Å²) in [5.74, 6) is -0.668. The lowest BCUT2D eigenvalue weighted by atomic mass is 10.2. The highest BCUT2D eigenvalue weighted by Crippen LogP contribution is 2.25. The van der Waals surface area contributed by atoms with Gasteiger partial charge < -0.3 is 15.5 Å². The van der Waals surface area contributed by atoms with Crippen LogP contribution in [0.15, 0.2) is 42.5 Å². The van der Waals surface area contributed by atoms with Gasteiger partial charge in [-0.3, -0.25) is 14.4 Å². The first-order valence-corrected chi connectivity index (χ1v) is 10.9. The third-order valence-electron chi connectivity index (χ3n) is 4.11. The molecule has 2 rings (SSSR count). The number of hydrogen-bond donors (Lipinski definition) is 2. The van der Waals surface area contributed by atoms with Crippen molar-refractivity contribution in [1.82, 2.24) is 4.90 Å². The van der Waals surface area contributed by atoms with Gasteiger partial charge in [0.1, 0.15) is 0 Å². The van der Waals surface area contributed by atoms with Crippen molar-refractivity contribution in [2.24, 2.45) is 0 Å². The van der Waals surface area contributed by atoms with Crippen LogP contribution >= 0.6 is 35.0 Å². The fourth-order valence-electron chi connectivity index (χ4n) is 2.48. The number of rotatable bonds is 8. The molecule has 0 fully saturated rings. The summed E-state index contributed by atoms with van der Waals surface area (Å²) in [6.07, 6.45) is 0. The second kappa shape index (κ2) is 11.2. The molecule has 1 unspecified atom stereocenters. The minimum atomic E-state index is -0.475. The monoisotopic (exact) mass is 467 g/mol. The number of aryl methyl sites for hydroxylation is 1. The average Bonchev–Trinajstić information content (AvgIpc) is 2.70. The highest BCUT2D eigenvalue weighted by molar-refractivity contribution is 8.01. The molecule has 0 saturated carbocycles. The van der Waals surface area contributed by atoms with Gasteiger partial charge in [-0.25, -0.2) is 0 Å². The standard InChI is InChI=1S/C21H23Cl2N3O3S/c1-13-4-6-15(7-5-13)24-20(28)12-30-14(2)21(29)26(3)11-19(27)25-16-8-9-17(22)18(23)10-16/h4-10,14H,11-12H2,1-3H3,(H,24,28)(H,25,27). The topological polar surface area (TPSA) is 78.5 Å². The first-order chi connectivity index (χ1) is 14.2. The van der Waals surface area contributed by atoms with Gasteiger partial charge in [0, 0.05) is 18.4 Å². The molecule has 30 heavy (non-hydrogen) atoms. The van der Waals surface area contributed by atoms with Gasteiger partial charge in [0.05, 0.1) is 27.6 Å². The molecular formula is C21H23Cl2N3O3S. The molecule has 0 bridgehead atoms. The van der Waals surface area contributed by atoms with Gasteiger partial charge in [0.2, 0.25) is 17.7 Å². The Balaban J connectivity index is 1.78. The molecule has 0 aliphatic carbocycles. The minimum absolute atomic E-state index is 0.125. The Bertz CT molecular complexity index is 922. The lowest BCUT2D eigenvalue weighted by molar-refractivity contribution is -0.132. The van der Waals surface area contributed by atoms with Crippen LogP contribution in [0.2, 0.25) is 10.0 Å². The van der Waals surface area contributed by atoms with Crippen LogP contribution in [-0.2, 0) is 14.4 Å². The van der Waals surface area contributed by atoms with Crippen LogP contribution in [0.3, 0.4) is 0 Å². The van der Waals surface area contributed by atoms with E-state index in [1.54, 1.807) is 26.1 Å². The maximum atomic E-state index is 12.5. The SMILES string of the molecule is Cc1ccc(NC(=O)CSC(C)C(=O)N(C)CC(=O)Nc2ccc(Cl)c(Cl)c2)cc1. The lowest BCUT2D eigenvalue weighted by Gasteiger charge is -2.20. The molecule has 2 aromatic carbocycles. The summed E-state index contributed by atoms with van der Waals surface area (Å²) in [6, 6.07) is 12.2. The maximum absolute atomic E-state index is 12.5. The lowest BCUT2D eigenvalue weighted by Crippen LogP contribution is -2.39. The largest absolute Gasteiger partial charge is 0.335 e. The van der Waals surface area contributed by atoms with Gasteiger partial charge in [0.25, 0.3) is 0 Å². The van der Waals surface area contributed by atoms with E-state index in [0.717, 1.165) is 5.56 Å². The summed E-state index contributed by atoms with van der Waals surface area (Å²) in [7, 11) is 1.54. The van der Waals surface area contributed by atoms with Crippen molar-refractivity contribution in [3.05, 3.63) is 58.1 Å². The zero-order valence-electron chi connectivity index (χ0n) is 16.9. The van der Waals surface area contributed by atoms with Gasteiger partial charge in [-0.15, -0.1) is 11.8 Å².